The lowest BCUT2D eigenvalue weighted by Gasteiger charge is -2.31. The number of Topliss-reactive ketones (excluding diaryl/α,β-unsaturated/α-hetero) is 1. The van der Waals surface area contributed by atoms with Gasteiger partial charge in [0.15, 0.2) is 5.78 Å². The molecule has 0 bridgehead atoms. The summed E-state index contributed by atoms with van der Waals surface area (Å²) in [6.45, 7) is 6.19. The van der Waals surface area contributed by atoms with Crippen LogP contribution in [-0.4, -0.2) is 87.9 Å². The van der Waals surface area contributed by atoms with E-state index < -0.39 is 24.2 Å². The van der Waals surface area contributed by atoms with Crippen LogP contribution in [0.25, 0.3) is 0 Å². The Morgan fingerprint density at radius 3 is 2.36 bits per heavy atom. The molecule has 4 atom stereocenters. The van der Waals surface area contributed by atoms with Crippen LogP contribution in [0.5, 0.6) is 0 Å². The maximum absolute atomic E-state index is 13.6. The van der Waals surface area contributed by atoms with Gasteiger partial charge in [0.25, 0.3) is 5.91 Å². The number of fused-ring (bicyclic) bond motifs is 1. The van der Waals surface area contributed by atoms with Gasteiger partial charge in [-0.05, 0) is 55.9 Å². The smallest absolute Gasteiger partial charge is 0.251 e. The third kappa shape index (κ3) is 4.94. The Morgan fingerprint density at radius 2 is 1.72 bits per heavy atom. The van der Waals surface area contributed by atoms with Gasteiger partial charge in [0.1, 0.15) is 18.1 Å². The van der Waals surface area contributed by atoms with Gasteiger partial charge >= 0.3 is 0 Å². The van der Waals surface area contributed by atoms with Crippen molar-refractivity contribution in [2.24, 2.45) is 5.92 Å². The summed E-state index contributed by atoms with van der Waals surface area (Å²) in [4.78, 5) is 69.6. The molecule has 3 aliphatic heterocycles. The molecular formula is C26H35N5O5. The number of rotatable bonds is 6. The Balaban J connectivity index is 1.49. The van der Waals surface area contributed by atoms with E-state index >= 15 is 0 Å². The largest absolute Gasteiger partial charge is 0.399 e. The average molecular weight is 498 g/mol. The Kier molecular flexibility index (Phi) is 7.33. The van der Waals surface area contributed by atoms with E-state index in [1.165, 1.54) is 11.8 Å². The topological polar surface area (TPSA) is 133 Å². The van der Waals surface area contributed by atoms with Crippen LogP contribution in [-0.2, 0) is 19.2 Å². The lowest BCUT2D eigenvalue weighted by Crippen LogP contribution is -2.53. The fraction of sp³-hybridized carbons (Fsp3) is 0.577. The number of ketones is 1. The molecule has 3 heterocycles. The predicted molar refractivity (Wildman–Crippen MR) is 133 cm³/mol. The van der Waals surface area contributed by atoms with Crippen molar-refractivity contribution < 1.29 is 24.0 Å². The molecule has 0 aliphatic carbocycles. The van der Waals surface area contributed by atoms with Crippen molar-refractivity contribution in [1.29, 1.82) is 0 Å². The third-order valence-corrected chi connectivity index (χ3v) is 7.41. The number of nitrogen functional groups attached to an aromatic ring is 1. The highest BCUT2D eigenvalue weighted by atomic mass is 16.2. The van der Waals surface area contributed by atoms with Crippen molar-refractivity contribution in [2.75, 3.05) is 25.4 Å². The number of nitrogens with zero attached hydrogens (tertiary/aromatic N) is 3. The number of anilines is 1. The van der Waals surface area contributed by atoms with E-state index in [1.54, 1.807) is 34.1 Å². The summed E-state index contributed by atoms with van der Waals surface area (Å²) in [6.07, 6.45) is 2.23. The summed E-state index contributed by atoms with van der Waals surface area (Å²) < 4.78 is 0. The van der Waals surface area contributed by atoms with E-state index in [9.17, 15) is 24.0 Å². The number of carbonyl (C=O) groups excluding carboxylic acids is 5. The number of hydrogen-bond acceptors (Lipinski definition) is 6. The lowest BCUT2D eigenvalue weighted by molar-refractivity contribution is -0.143. The first-order chi connectivity index (χ1) is 17.1. The number of benzene rings is 1. The molecule has 3 fully saturated rings. The first-order valence-corrected chi connectivity index (χ1v) is 12.7. The van der Waals surface area contributed by atoms with E-state index in [4.69, 9.17) is 5.73 Å². The van der Waals surface area contributed by atoms with Crippen LogP contribution in [0.3, 0.4) is 0 Å². The molecule has 0 spiro atoms. The first kappa shape index (κ1) is 25.7. The zero-order chi connectivity index (χ0) is 26.1. The van der Waals surface area contributed by atoms with E-state index in [-0.39, 0.29) is 41.9 Å². The molecule has 36 heavy (non-hydrogen) atoms. The molecule has 3 N–H and O–H groups in total. The molecule has 1 aromatic rings. The van der Waals surface area contributed by atoms with Gasteiger partial charge in [-0.2, -0.15) is 0 Å². The van der Waals surface area contributed by atoms with Crippen molar-refractivity contribution in [3.63, 3.8) is 0 Å². The standard InChI is InChI=1S/C26H35N5O5/c1-15(2)13-19(28-24(34)17-6-8-18(27)9-7-17)25(35)30-12-10-20-23(30)22(33)14-31(20)26(36)21-5-4-11-29(21)16(3)32/h6-9,15,19-21,23H,4-5,10-14,27H2,1-3H3,(H,28,34). The Bertz CT molecular complexity index is 1060. The molecule has 1 aromatic carbocycles. The quantitative estimate of drug-likeness (QED) is 0.559. The van der Waals surface area contributed by atoms with E-state index in [0.717, 1.165) is 6.42 Å². The van der Waals surface area contributed by atoms with Crippen LogP contribution in [0.15, 0.2) is 24.3 Å². The van der Waals surface area contributed by atoms with Gasteiger partial charge in [0.2, 0.25) is 17.7 Å². The SMILES string of the molecule is CC(=O)N1CCCC1C(=O)N1CC(=O)C2C1CCN2C(=O)C(CC(C)C)NC(=O)c1ccc(N)cc1. The maximum atomic E-state index is 13.6. The monoisotopic (exact) mass is 497 g/mol. The van der Waals surface area contributed by atoms with Crippen molar-refractivity contribution in [3.05, 3.63) is 29.8 Å². The van der Waals surface area contributed by atoms with E-state index in [2.05, 4.69) is 5.32 Å². The third-order valence-electron chi connectivity index (χ3n) is 7.41. The lowest BCUT2D eigenvalue weighted by atomic mass is 10.0. The zero-order valence-electron chi connectivity index (χ0n) is 21.1. The summed E-state index contributed by atoms with van der Waals surface area (Å²) in [5, 5.41) is 2.85. The fourth-order valence-electron chi connectivity index (χ4n) is 5.72. The molecule has 0 radical (unpaired) electrons. The number of amides is 4. The maximum Gasteiger partial charge on any atom is 0.251 e. The summed E-state index contributed by atoms with van der Waals surface area (Å²) in [7, 11) is 0. The summed E-state index contributed by atoms with van der Waals surface area (Å²) in [5.41, 5.74) is 6.64. The second-order valence-electron chi connectivity index (χ2n) is 10.4. The number of likely N-dealkylation sites (tertiary alicyclic amines) is 3. The van der Waals surface area contributed by atoms with Crippen LogP contribution in [0, 0.1) is 5.92 Å². The van der Waals surface area contributed by atoms with Gasteiger partial charge in [-0.25, -0.2) is 0 Å². The molecule has 10 heteroatoms. The van der Waals surface area contributed by atoms with E-state index in [1.807, 2.05) is 13.8 Å². The molecule has 10 nitrogen and oxygen atoms in total. The minimum absolute atomic E-state index is 0.0627. The minimum Gasteiger partial charge on any atom is -0.399 e. The average Bonchev–Trinajstić information content (AvgIpc) is 3.55. The van der Waals surface area contributed by atoms with Crippen molar-refractivity contribution in [3.8, 4) is 0 Å². The zero-order valence-corrected chi connectivity index (χ0v) is 21.1. The number of nitrogens with one attached hydrogen (secondary N) is 1. The highest BCUT2D eigenvalue weighted by Crippen LogP contribution is 2.33. The van der Waals surface area contributed by atoms with Gasteiger partial charge in [0.05, 0.1) is 12.6 Å². The molecule has 0 saturated carbocycles. The van der Waals surface area contributed by atoms with Crippen molar-refractivity contribution in [1.82, 2.24) is 20.0 Å². The minimum atomic E-state index is -0.797. The molecule has 4 amide bonds. The Labute approximate surface area is 211 Å². The normalized spacial score (nSPS) is 24.3. The highest BCUT2D eigenvalue weighted by molar-refractivity contribution is 6.01. The molecule has 0 aromatic heterocycles. The first-order valence-electron chi connectivity index (χ1n) is 12.7. The van der Waals surface area contributed by atoms with Crippen LogP contribution in [0.1, 0.15) is 56.8 Å². The fourth-order valence-corrected chi connectivity index (χ4v) is 5.72. The molecule has 4 unspecified atom stereocenters. The molecule has 4 rings (SSSR count). The van der Waals surface area contributed by atoms with Gasteiger partial charge in [-0.1, -0.05) is 13.8 Å². The summed E-state index contributed by atoms with van der Waals surface area (Å²) >= 11 is 0. The van der Waals surface area contributed by atoms with Crippen LogP contribution >= 0.6 is 0 Å². The van der Waals surface area contributed by atoms with Crippen LogP contribution in [0.2, 0.25) is 0 Å². The van der Waals surface area contributed by atoms with Crippen molar-refractivity contribution >= 4 is 35.1 Å². The number of carbonyl (C=O) groups is 5. The van der Waals surface area contributed by atoms with Gasteiger partial charge in [-0.3, -0.25) is 24.0 Å². The number of nitrogens with two attached hydrogens (primary N) is 1. The Hall–Kier alpha value is -3.43. The molecular weight excluding hydrogens is 462 g/mol. The summed E-state index contributed by atoms with van der Waals surface area (Å²) in [6, 6.07) is 3.98. The second kappa shape index (κ2) is 10.3. The number of hydrogen-bond donors (Lipinski definition) is 2. The predicted octanol–water partition coefficient (Wildman–Crippen LogP) is 0.805. The molecule has 3 aliphatic rings. The molecule has 194 valence electrons. The van der Waals surface area contributed by atoms with Gasteiger partial charge in [-0.15, -0.1) is 0 Å². The van der Waals surface area contributed by atoms with Gasteiger partial charge < -0.3 is 25.8 Å². The Morgan fingerprint density at radius 1 is 1.03 bits per heavy atom. The van der Waals surface area contributed by atoms with Gasteiger partial charge in [0, 0.05) is 31.3 Å². The molecule has 3 saturated heterocycles. The highest BCUT2D eigenvalue weighted by Gasteiger charge is 2.53. The van der Waals surface area contributed by atoms with Crippen molar-refractivity contribution in [2.45, 2.75) is 70.6 Å². The van der Waals surface area contributed by atoms with Crippen LogP contribution in [0.4, 0.5) is 5.69 Å². The van der Waals surface area contributed by atoms with E-state index in [0.29, 0.717) is 43.6 Å². The second-order valence-corrected chi connectivity index (χ2v) is 10.4. The summed E-state index contributed by atoms with van der Waals surface area (Å²) in [5.74, 6) is -1.11. The van der Waals surface area contributed by atoms with Crippen LogP contribution < -0.4 is 11.1 Å².